The van der Waals surface area contributed by atoms with E-state index in [1.54, 1.807) is 11.3 Å². The lowest BCUT2D eigenvalue weighted by Crippen LogP contribution is -2.11. The molecule has 3 rings (SSSR count). The summed E-state index contributed by atoms with van der Waals surface area (Å²) >= 11 is 1.78. The van der Waals surface area contributed by atoms with Gasteiger partial charge in [-0.1, -0.05) is 0 Å². The maximum atomic E-state index is 11.6. The maximum Gasteiger partial charge on any atom is 0.228 e. The molecule has 3 heteroatoms. The number of hydrogen-bond donors (Lipinski definition) is 1. The van der Waals surface area contributed by atoms with Crippen LogP contribution in [0.15, 0.2) is 6.07 Å². The van der Waals surface area contributed by atoms with E-state index in [0.717, 1.165) is 17.8 Å². The molecule has 0 aromatic carbocycles. The Bertz CT molecular complexity index is 369. The summed E-state index contributed by atoms with van der Waals surface area (Å²) in [5.74, 6) is 0.540. The van der Waals surface area contributed by atoms with Gasteiger partial charge in [0, 0.05) is 10.8 Å². The number of carbonyl (C=O) groups excluding carboxylic acids is 1. The normalized spacial score (nSPS) is 19.7. The molecule has 0 unspecified atom stereocenters. The third-order valence-corrected chi connectivity index (χ3v) is 4.34. The lowest BCUT2D eigenvalue weighted by atomic mass is 10.00. The Morgan fingerprint density at radius 1 is 1.33 bits per heavy atom. The lowest BCUT2D eigenvalue weighted by Gasteiger charge is -2.08. The van der Waals surface area contributed by atoms with Crippen LogP contribution in [0.25, 0.3) is 0 Å². The SMILES string of the molecule is O=C(Nc1cc2c(s1)CCCC2)C1CC1. The molecule has 1 heterocycles. The summed E-state index contributed by atoms with van der Waals surface area (Å²) in [6, 6.07) is 2.18. The first-order valence-electron chi connectivity index (χ1n) is 5.75. The summed E-state index contributed by atoms with van der Waals surface area (Å²) in [7, 11) is 0. The highest BCUT2D eigenvalue weighted by atomic mass is 32.1. The van der Waals surface area contributed by atoms with Crippen LogP contribution in [0.2, 0.25) is 0 Å². The fraction of sp³-hybridized carbons (Fsp3) is 0.583. The van der Waals surface area contributed by atoms with E-state index in [1.165, 1.54) is 36.1 Å². The van der Waals surface area contributed by atoms with Gasteiger partial charge in [0.1, 0.15) is 0 Å². The molecule has 0 spiro atoms. The highest BCUT2D eigenvalue weighted by Gasteiger charge is 2.30. The number of thiophene rings is 1. The molecule has 1 saturated carbocycles. The fourth-order valence-corrected chi connectivity index (χ4v) is 3.28. The van der Waals surface area contributed by atoms with Crippen LogP contribution < -0.4 is 5.32 Å². The van der Waals surface area contributed by atoms with Gasteiger partial charge in [-0.05, 0) is 50.2 Å². The van der Waals surface area contributed by atoms with Crippen molar-refractivity contribution in [1.29, 1.82) is 0 Å². The second-order valence-corrected chi connectivity index (χ2v) is 5.67. The minimum absolute atomic E-state index is 0.230. The molecular formula is C12H15NOS. The van der Waals surface area contributed by atoms with Crippen molar-refractivity contribution in [2.24, 2.45) is 5.92 Å². The lowest BCUT2D eigenvalue weighted by molar-refractivity contribution is -0.117. The molecular weight excluding hydrogens is 206 g/mol. The summed E-state index contributed by atoms with van der Waals surface area (Å²) in [6.45, 7) is 0. The van der Waals surface area contributed by atoms with Gasteiger partial charge in [-0.2, -0.15) is 0 Å². The number of anilines is 1. The number of carbonyl (C=O) groups is 1. The monoisotopic (exact) mass is 221 g/mol. The second kappa shape index (κ2) is 3.63. The smallest absolute Gasteiger partial charge is 0.228 e. The summed E-state index contributed by atoms with van der Waals surface area (Å²) in [5.41, 5.74) is 1.47. The van der Waals surface area contributed by atoms with Crippen LogP contribution in [0.1, 0.15) is 36.1 Å². The largest absolute Gasteiger partial charge is 0.317 e. The van der Waals surface area contributed by atoms with Crippen molar-refractivity contribution in [3.8, 4) is 0 Å². The first kappa shape index (κ1) is 9.40. The molecule has 0 saturated heterocycles. The van der Waals surface area contributed by atoms with E-state index in [0.29, 0.717) is 5.92 Å². The predicted molar refractivity (Wildman–Crippen MR) is 62.3 cm³/mol. The van der Waals surface area contributed by atoms with Gasteiger partial charge in [0.25, 0.3) is 0 Å². The highest BCUT2D eigenvalue weighted by molar-refractivity contribution is 7.16. The van der Waals surface area contributed by atoms with Crippen LogP contribution >= 0.6 is 11.3 Å². The third-order valence-electron chi connectivity index (χ3n) is 3.19. The highest BCUT2D eigenvalue weighted by Crippen LogP contribution is 2.35. The van der Waals surface area contributed by atoms with E-state index < -0.39 is 0 Å². The van der Waals surface area contributed by atoms with Crippen molar-refractivity contribution < 1.29 is 4.79 Å². The number of nitrogens with one attached hydrogen (secondary N) is 1. The van der Waals surface area contributed by atoms with Crippen LogP contribution in [0.4, 0.5) is 5.00 Å². The van der Waals surface area contributed by atoms with Crippen LogP contribution in [0.5, 0.6) is 0 Å². The quantitative estimate of drug-likeness (QED) is 0.817. The Balaban J connectivity index is 1.74. The Morgan fingerprint density at radius 2 is 2.13 bits per heavy atom. The van der Waals surface area contributed by atoms with Crippen molar-refractivity contribution >= 4 is 22.2 Å². The predicted octanol–water partition coefficient (Wildman–Crippen LogP) is 2.98. The molecule has 15 heavy (non-hydrogen) atoms. The summed E-state index contributed by atoms with van der Waals surface area (Å²) in [4.78, 5) is 13.1. The van der Waals surface area contributed by atoms with Gasteiger partial charge in [0.05, 0.1) is 5.00 Å². The zero-order valence-corrected chi connectivity index (χ0v) is 9.53. The van der Waals surface area contributed by atoms with E-state index in [-0.39, 0.29) is 5.91 Å². The molecule has 0 aliphatic heterocycles. The molecule has 1 aromatic heterocycles. The van der Waals surface area contributed by atoms with Gasteiger partial charge in [-0.15, -0.1) is 11.3 Å². The molecule has 1 amide bonds. The van der Waals surface area contributed by atoms with E-state index in [2.05, 4.69) is 11.4 Å². The zero-order valence-electron chi connectivity index (χ0n) is 8.71. The molecule has 0 bridgehead atoms. The molecule has 80 valence electrons. The van der Waals surface area contributed by atoms with Crippen LogP contribution in [0.3, 0.4) is 0 Å². The van der Waals surface area contributed by atoms with E-state index in [1.807, 2.05) is 0 Å². The van der Waals surface area contributed by atoms with Gasteiger partial charge in [0.2, 0.25) is 5.91 Å². The Kier molecular flexibility index (Phi) is 2.28. The minimum atomic E-state index is 0.230. The van der Waals surface area contributed by atoms with Gasteiger partial charge < -0.3 is 5.32 Å². The van der Waals surface area contributed by atoms with Gasteiger partial charge in [0.15, 0.2) is 0 Å². The van der Waals surface area contributed by atoms with Crippen molar-refractivity contribution in [2.45, 2.75) is 38.5 Å². The van der Waals surface area contributed by atoms with Crippen molar-refractivity contribution in [3.05, 3.63) is 16.5 Å². The van der Waals surface area contributed by atoms with Gasteiger partial charge >= 0.3 is 0 Å². The first-order valence-corrected chi connectivity index (χ1v) is 6.57. The van der Waals surface area contributed by atoms with Crippen molar-refractivity contribution in [1.82, 2.24) is 0 Å². The minimum Gasteiger partial charge on any atom is -0.317 e. The fourth-order valence-electron chi connectivity index (χ4n) is 2.12. The first-order chi connectivity index (χ1) is 7.33. The number of fused-ring (bicyclic) bond motifs is 1. The number of amides is 1. The molecule has 0 atom stereocenters. The Hall–Kier alpha value is -0.830. The second-order valence-electron chi connectivity index (χ2n) is 4.53. The zero-order chi connectivity index (χ0) is 10.3. The van der Waals surface area contributed by atoms with E-state index in [4.69, 9.17) is 0 Å². The van der Waals surface area contributed by atoms with Gasteiger partial charge in [-0.25, -0.2) is 0 Å². The number of aryl methyl sites for hydroxylation is 2. The Labute approximate surface area is 93.7 Å². The summed E-state index contributed by atoms with van der Waals surface area (Å²) in [6.07, 6.45) is 7.18. The topological polar surface area (TPSA) is 29.1 Å². The Morgan fingerprint density at radius 3 is 2.87 bits per heavy atom. The molecule has 2 aliphatic rings. The average molecular weight is 221 g/mol. The maximum absolute atomic E-state index is 11.6. The molecule has 1 aromatic rings. The summed E-state index contributed by atoms with van der Waals surface area (Å²) in [5, 5.41) is 4.11. The summed E-state index contributed by atoms with van der Waals surface area (Å²) < 4.78 is 0. The molecule has 0 radical (unpaired) electrons. The van der Waals surface area contributed by atoms with Crippen LogP contribution in [-0.2, 0) is 17.6 Å². The van der Waals surface area contributed by atoms with Crippen molar-refractivity contribution in [2.75, 3.05) is 5.32 Å². The molecule has 1 fully saturated rings. The molecule has 2 nitrogen and oxygen atoms in total. The molecule has 2 aliphatic carbocycles. The standard InChI is InChI=1S/C12H15NOS/c14-12(8-5-6-8)13-11-7-9-3-1-2-4-10(9)15-11/h7-8H,1-6H2,(H,13,14). The number of hydrogen-bond acceptors (Lipinski definition) is 2. The molecule has 1 N–H and O–H groups in total. The third kappa shape index (κ3) is 1.93. The average Bonchev–Trinajstić information content (AvgIpc) is 2.99. The van der Waals surface area contributed by atoms with Crippen LogP contribution in [-0.4, -0.2) is 5.91 Å². The van der Waals surface area contributed by atoms with Crippen molar-refractivity contribution in [3.63, 3.8) is 0 Å². The van der Waals surface area contributed by atoms with E-state index >= 15 is 0 Å². The van der Waals surface area contributed by atoms with Crippen LogP contribution in [0, 0.1) is 5.92 Å². The van der Waals surface area contributed by atoms with E-state index in [9.17, 15) is 4.79 Å². The number of rotatable bonds is 2. The van der Waals surface area contributed by atoms with Gasteiger partial charge in [-0.3, -0.25) is 4.79 Å².